The summed E-state index contributed by atoms with van der Waals surface area (Å²) in [5.41, 5.74) is 25.5. The van der Waals surface area contributed by atoms with Gasteiger partial charge in [-0.05, 0) is 126 Å². The fourth-order valence-corrected chi connectivity index (χ4v) is 14.4. The van der Waals surface area contributed by atoms with Crippen molar-refractivity contribution in [1.29, 1.82) is 0 Å². The minimum atomic E-state index is 0.620. The second kappa shape index (κ2) is 19.7. The molecule has 0 fully saturated rings. The van der Waals surface area contributed by atoms with Crippen LogP contribution in [0.1, 0.15) is 33.6 Å². The van der Waals surface area contributed by atoms with Gasteiger partial charge in [0, 0.05) is 82.3 Å². The highest BCUT2D eigenvalue weighted by Crippen LogP contribution is 2.55. The largest absolute Gasteiger partial charge is 0.306 e. The van der Waals surface area contributed by atoms with Crippen molar-refractivity contribution in [1.82, 2.24) is 33.2 Å². The molecule has 88 heavy (non-hydrogen) atoms. The van der Waals surface area contributed by atoms with Crippen LogP contribution in [-0.2, 0) is 0 Å². The Bertz CT molecular complexity index is 5700. The molecule has 0 amide bonds. The Morgan fingerprint density at radius 2 is 0.591 bits per heavy atom. The van der Waals surface area contributed by atoms with Crippen LogP contribution < -0.4 is 0 Å². The lowest BCUT2D eigenvalue weighted by Crippen LogP contribution is -2.17. The molecule has 0 saturated heterocycles. The van der Waals surface area contributed by atoms with E-state index >= 15 is 0 Å². The van der Waals surface area contributed by atoms with Crippen LogP contribution in [0.2, 0.25) is 0 Å². The van der Waals surface area contributed by atoms with Crippen LogP contribution in [0.5, 0.6) is 0 Å². The molecule has 6 heterocycles. The minimum absolute atomic E-state index is 0.620. The summed E-state index contributed by atoms with van der Waals surface area (Å²) in [5.74, 6) is 0.620. The predicted molar refractivity (Wildman–Crippen MR) is 367 cm³/mol. The molecule has 0 spiro atoms. The van der Waals surface area contributed by atoms with Gasteiger partial charge in [-0.1, -0.05) is 186 Å². The summed E-state index contributed by atoms with van der Waals surface area (Å²) in [6.07, 6.45) is 0. The van der Waals surface area contributed by atoms with Gasteiger partial charge in [0.15, 0.2) is 5.82 Å². The van der Waals surface area contributed by atoms with Gasteiger partial charge in [-0.3, -0.25) is 4.98 Å². The van der Waals surface area contributed by atoms with E-state index in [9.17, 15) is 0 Å². The number of fused-ring (bicyclic) bond motifs is 12. The van der Waals surface area contributed by atoms with Crippen LogP contribution in [-0.4, -0.2) is 33.2 Å². The first-order valence-electron chi connectivity index (χ1n) is 30.3. The maximum absolute atomic E-state index is 6.03. The lowest BCUT2D eigenvalue weighted by molar-refractivity contribution is 1.02. The number of hydrogen-bond acceptors (Lipinski definition) is 3. The average Bonchev–Trinajstić information content (AvgIpc) is 1.42. The van der Waals surface area contributed by atoms with Gasteiger partial charge in [0.25, 0.3) is 0 Å². The number of rotatable bonds is 8. The van der Waals surface area contributed by atoms with Crippen LogP contribution in [0.3, 0.4) is 0 Å². The summed E-state index contributed by atoms with van der Waals surface area (Å²) in [4.78, 5) is 17.1. The molecule has 0 saturated carbocycles. The molecule has 11 aromatic carbocycles. The van der Waals surface area contributed by atoms with E-state index in [4.69, 9.17) is 15.0 Å². The molecule has 0 radical (unpaired) electrons. The first-order valence-corrected chi connectivity index (χ1v) is 30.3. The number of nitrogens with zero attached hydrogens (tertiary/aromatic N) is 7. The zero-order valence-electron chi connectivity index (χ0n) is 49.8. The highest BCUT2D eigenvalue weighted by Gasteiger charge is 2.37. The van der Waals surface area contributed by atoms with Gasteiger partial charge >= 0.3 is 0 Å². The summed E-state index contributed by atoms with van der Waals surface area (Å²) in [6, 6.07) is 91.7. The van der Waals surface area contributed by atoms with Gasteiger partial charge in [-0.15, -0.1) is 0 Å². The molecule has 0 atom stereocenters. The molecule has 418 valence electrons. The Morgan fingerprint density at radius 1 is 0.250 bits per heavy atom. The topological polar surface area (TPSA) is 58.4 Å². The van der Waals surface area contributed by atoms with Crippen LogP contribution in [0.15, 0.2) is 249 Å². The lowest BCUT2D eigenvalue weighted by Gasteiger charge is -2.31. The van der Waals surface area contributed by atoms with Gasteiger partial charge in [0.05, 0.1) is 78.3 Å². The van der Waals surface area contributed by atoms with Gasteiger partial charge in [-0.2, -0.15) is 0 Å². The van der Waals surface area contributed by atoms with Crippen LogP contribution >= 0.6 is 0 Å². The highest BCUT2D eigenvalue weighted by molar-refractivity contribution is 6.19. The van der Waals surface area contributed by atoms with Crippen molar-refractivity contribution in [2.45, 2.75) is 41.5 Å². The molecule has 0 unspecified atom stereocenters. The first kappa shape index (κ1) is 51.3. The quantitative estimate of drug-likeness (QED) is 0.152. The Labute approximate surface area is 509 Å². The van der Waals surface area contributed by atoms with Gasteiger partial charge in [-0.25, -0.2) is 9.97 Å². The van der Waals surface area contributed by atoms with E-state index in [1.165, 1.54) is 38.4 Å². The molecule has 0 aliphatic heterocycles. The van der Waals surface area contributed by atoms with E-state index in [0.29, 0.717) is 5.82 Å². The predicted octanol–water partition coefficient (Wildman–Crippen LogP) is 20.8. The molecule has 0 bridgehead atoms. The molecule has 0 aliphatic rings. The molecule has 7 nitrogen and oxygen atoms in total. The van der Waals surface area contributed by atoms with Gasteiger partial charge in [0.2, 0.25) is 0 Å². The van der Waals surface area contributed by atoms with Gasteiger partial charge < -0.3 is 18.3 Å². The molecule has 6 aromatic heterocycles. The van der Waals surface area contributed by atoms with Crippen molar-refractivity contribution in [2.75, 3.05) is 0 Å². The van der Waals surface area contributed by atoms with E-state index in [1.54, 1.807) is 0 Å². The molecule has 17 aromatic rings. The lowest BCUT2D eigenvalue weighted by atomic mass is 9.89. The Morgan fingerprint density at radius 3 is 1.00 bits per heavy atom. The maximum atomic E-state index is 6.03. The average molecular weight is 1130 g/mol. The highest BCUT2D eigenvalue weighted by atomic mass is 15.1. The van der Waals surface area contributed by atoms with Crippen molar-refractivity contribution >= 4 is 87.2 Å². The van der Waals surface area contributed by atoms with Crippen molar-refractivity contribution in [2.24, 2.45) is 0 Å². The number of aryl methyl sites for hydroxylation is 6. The number of hydrogen-bond donors (Lipinski definition) is 0. The maximum Gasteiger partial charge on any atom is 0.160 e. The van der Waals surface area contributed by atoms with Crippen molar-refractivity contribution in [3.8, 4) is 67.8 Å². The number of aromatic nitrogens is 7. The fourth-order valence-electron chi connectivity index (χ4n) is 14.4. The van der Waals surface area contributed by atoms with Crippen molar-refractivity contribution in [3.63, 3.8) is 0 Å². The standard InChI is InChI=1S/C81H59N7/c1-48-33-39-71-61(43-48)57-25-13-17-29-67(57)85(71)77-75(56-38-37-52(5)82-53(56)6)76(66-47-65(54-21-9-7-10-22-54)83-81(84-66)55-23-11-8-12-24-55)78(86-68-30-18-14-26-58(68)62-44-49(2)34-40-72(62)86)80(88-70-32-20-16-28-60(70)64-46-51(4)36-42-74(64)88)79(77)87-69-31-19-15-27-59(69)63-45-50(3)35-41-73(63)87/h7-47H,1-6H3. The third kappa shape index (κ3) is 7.73. The Kier molecular flexibility index (Phi) is 11.5. The summed E-state index contributed by atoms with van der Waals surface area (Å²) in [7, 11) is 0. The first-order chi connectivity index (χ1) is 43.1. The van der Waals surface area contributed by atoms with E-state index in [0.717, 1.165) is 144 Å². The monoisotopic (exact) mass is 1130 g/mol. The Hall–Kier alpha value is -11.2. The summed E-state index contributed by atoms with van der Waals surface area (Å²) >= 11 is 0. The SMILES string of the molecule is Cc1ccc2c(c1)c1ccccc1n2-c1c(-c2cc(-c3ccccc3)nc(-c3ccccc3)n2)c(-c2ccc(C)nc2C)c(-n2c3ccccc3c3cc(C)ccc32)c(-n2c3ccccc3c3cc(C)ccc32)c1-n1c2ccccc2c2cc(C)ccc21. The van der Waals surface area contributed by atoms with E-state index < -0.39 is 0 Å². The van der Waals surface area contributed by atoms with E-state index in [1.807, 2.05) is 0 Å². The molecule has 0 aliphatic carbocycles. The molecule has 0 N–H and O–H groups in total. The molecule has 17 rings (SSSR count). The molecule has 7 heteroatoms. The second-order valence-corrected chi connectivity index (χ2v) is 23.9. The van der Waals surface area contributed by atoms with E-state index in [-0.39, 0.29) is 0 Å². The van der Waals surface area contributed by atoms with Crippen LogP contribution in [0.25, 0.3) is 155 Å². The zero-order valence-corrected chi connectivity index (χ0v) is 49.8. The second-order valence-electron chi connectivity index (χ2n) is 23.9. The minimum Gasteiger partial charge on any atom is -0.306 e. The molecular weight excluding hydrogens is 1070 g/mol. The smallest absolute Gasteiger partial charge is 0.160 e. The summed E-state index contributed by atoms with van der Waals surface area (Å²) in [6.45, 7) is 13.1. The summed E-state index contributed by atoms with van der Waals surface area (Å²) in [5, 5.41) is 9.30. The van der Waals surface area contributed by atoms with Crippen molar-refractivity contribution < 1.29 is 0 Å². The third-order valence-corrected chi connectivity index (χ3v) is 18.2. The van der Waals surface area contributed by atoms with Crippen molar-refractivity contribution in [3.05, 3.63) is 282 Å². The number of benzene rings is 11. The normalized spacial score (nSPS) is 12.0. The fraction of sp³-hybridized carbons (Fsp3) is 0.0741. The zero-order chi connectivity index (χ0) is 59.1. The van der Waals surface area contributed by atoms with Crippen LogP contribution in [0.4, 0.5) is 0 Å². The number of pyridine rings is 1. The number of para-hydroxylation sites is 4. The van der Waals surface area contributed by atoms with Crippen LogP contribution in [0, 0.1) is 41.5 Å². The molecular formula is C81H59N7. The Balaban J connectivity index is 1.27. The third-order valence-electron chi connectivity index (χ3n) is 18.2. The van der Waals surface area contributed by atoms with Gasteiger partial charge in [0.1, 0.15) is 0 Å². The summed E-state index contributed by atoms with van der Waals surface area (Å²) < 4.78 is 10.4. The van der Waals surface area contributed by atoms with E-state index in [2.05, 4.69) is 309 Å².